The van der Waals surface area contributed by atoms with Gasteiger partial charge in [0.1, 0.15) is 23.2 Å². The molecule has 3 atom stereocenters. The Morgan fingerprint density at radius 1 is 0.978 bits per heavy atom. The molecule has 0 bridgehead atoms. The highest BCUT2D eigenvalue weighted by molar-refractivity contribution is 8.00. The molecule has 5 rings (SSSR count). The van der Waals surface area contributed by atoms with Crippen molar-refractivity contribution < 1.29 is 38.6 Å². The van der Waals surface area contributed by atoms with E-state index in [9.17, 15) is 34.3 Å². The van der Waals surface area contributed by atoms with Crippen LogP contribution < -0.4 is 5.32 Å². The second-order valence-electron chi connectivity index (χ2n) is 10.2. The van der Waals surface area contributed by atoms with Gasteiger partial charge in [-0.15, -0.1) is 11.8 Å². The maximum atomic E-state index is 13.5. The van der Waals surface area contributed by atoms with Gasteiger partial charge in [0.15, 0.2) is 6.10 Å². The molecule has 11 nitrogen and oxygen atoms in total. The summed E-state index contributed by atoms with van der Waals surface area (Å²) in [4.78, 5) is 64.2. The third kappa shape index (κ3) is 6.58. The molecular formula is C33H27N3O8S. The van der Waals surface area contributed by atoms with Crippen LogP contribution in [0.3, 0.4) is 0 Å². The SMILES string of the molecule is CC(=O)OC(C#N)C1=C(C(=O)O)N2C(=O)[C@H](NC(=O)Cc3ccccc3C(=O)OC(c3ccccc3)c3ccccc3)[C@H]2SC1. The second-order valence-corrected chi connectivity index (χ2v) is 11.3. The summed E-state index contributed by atoms with van der Waals surface area (Å²) in [6, 6.07) is 25.8. The van der Waals surface area contributed by atoms with E-state index >= 15 is 0 Å². The summed E-state index contributed by atoms with van der Waals surface area (Å²) < 4.78 is 10.9. The number of ether oxygens (including phenoxy) is 2. The molecule has 3 aromatic carbocycles. The number of carboxylic acids is 1. The number of rotatable bonds is 10. The van der Waals surface area contributed by atoms with Crippen molar-refractivity contribution in [1.82, 2.24) is 10.2 Å². The lowest BCUT2D eigenvalue weighted by Crippen LogP contribution is -2.71. The van der Waals surface area contributed by atoms with Gasteiger partial charge in [-0.2, -0.15) is 5.26 Å². The maximum absolute atomic E-state index is 13.5. The molecule has 2 N–H and O–H groups in total. The zero-order valence-electron chi connectivity index (χ0n) is 23.9. The minimum Gasteiger partial charge on any atom is -0.477 e. The zero-order chi connectivity index (χ0) is 32.1. The number of benzene rings is 3. The van der Waals surface area contributed by atoms with Crippen molar-refractivity contribution in [2.45, 2.75) is 37.0 Å². The Hall–Kier alpha value is -5.41. The Bertz CT molecular complexity index is 1680. The Labute approximate surface area is 262 Å². The second kappa shape index (κ2) is 13.5. The molecule has 0 saturated carbocycles. The fourth-order valence-corrected chi connectivity index (χ4v) is 6.58. The highest BCUT2D eigenvalue weighted by Crippen LogP contribution is 2.41. The van der Waals surface area contributed by atoms with Crippen molar-refractivity contribution in [1.29, 1.82) is 5.26 Å². The lowest BCUT2D eigenvalue weighted by molar-refractivity contribution is -0.151. The van der Waals surface area contributed by atoms with E-state index in [1.165, 1.54) is 0 Å². The first-order chi connectivity index (χ1) is 21.7. The zero-order valence-corrected chi connectivity index (χ0v) is 24.7. The van der Waals surface area contributed by atoms with E-state index in [0.29, 0.717) is 5.56 Å². The molecule has 0 aliphatic carbocycles. The first-order valence-electron chi connectivity index (χ1n) is 13.9. The van der Waals surface area contributed by atoms with Crippen LogP contribution in [0.5, 0.6) is 0 Å². The van der Waals surface area contributed by atoms with Gasteiger partial charge in [-0.3, -0.25) is 19.3 Å². The number of carbonyl (C=O) groups is 5. The maximum Gasteiger partial charge on any atom is 0.352 e. The van der Waals surface area contributed by atoms with Crippen LogP contribution in [0.25, 0.3) is 0 Å². The molecule has 45 heavy (non-hydrogen) atoms. The number of hydrogen-bond donors (Lipinski definition) is 2. The summed E-state index contributed by atoms with van der Waals surface area (Å²) in [5.41, 5.74) is 1.66. The number of carbonyl (C=O) groups excluding carboxylic acids is 4. The molecule has 2 heterocycles. The van der Waals surface area contributed by atoms with Crippen molar-refractivity contribution >= 4 is 41.5 Å². The first kappa shape index (κ1) is 31.0. The summed E-state index contributed by atoms with van der Waals surface area (Å²) in [6.07, 6.45) is -2.40. The highest BCUT2D eigenvalue weighted by Gasteiger charge is 2.55. The van der Waals surface area contributed by atoms with Crippen molar-refractivity contribution in [2.24, 2.45) is 0 Å². The molecule has 1 fully saturated rings. The van der Waals surface area contributed by atoms with Gasteiger partial charge in [0, 0.05) is 18.2 Å². The fraction of sp³-hybridized carbons (Fsp3) is 0.212. The van der Waals surface area contributed by atoms with Crippen molar-refractivity contribution in [3.05, 3.63) is 118 Å². The summed E-state index contributed by atoms with van der Waals surface area (Å²) in [6.45, 7) is 1.09. The number of fused-ring (bicyclic) bond motifs is 1. The van der Waals surface area contributed by atoms with Crippen LogP contribution in [-0.2, 0) is 35.1 Å². The van der Waals surface area contributed by atoms with E-state index in [2.05, 4.69) is 5.32 Å². The summed E-state index contributed by atoms with van der Waals surface area (Å²) in [5.74, 6) is -4.11. The van der Waals surface area contributed by atoms with Gasteiger partial charge in [0.25, 0.3) is 5.91 Å². The van der Waals surface area contributed by atoms with E-state index in [4.69, 9.17) is 9.47 Å². The van der Waals surface area contributed by atoms with E-state index in [0.717, 1.165) is 34.7 Å². The van der Waals surface area contributed by atoms with Crippen molar-refractivity contribution in [3.63, 3.8) is 0 Å². The number of amides is 2. The quantitative estimate of drug-likeness (QED) is 0.252. The van der Waals surface area contributed by atoms with Crippen LogP contribution in [0.2, 0.25) is 0 Å². The molecule has 3 aromatic rings. The Balaban J connectivity index is 1.30. The number of carboxylic acid groups (broad SMARTS) is 1. The summed E-state index contributed by atoms with van der Waals surface area (Å²) in [7, 11) is 0. The normalized spacial score (nSPS) is 17.8. The number of β-lactam (4-membered cyclic amide) rings is 1. The summed E-state index contributed by atoms with van der Waals surface area (Å²) in [5, 5.41) is 21.2. The third-order valence-corrected chi connectivity index (χ3v) is 8.55. The highest BCUT2D eigenvalue weighted by atomic mass is 32.2. The number of nitriles is 1. The standard InChI is InChI=1S/C33H27N3O8S/c1-19(37)43-25(17-34)24-18-45-31-27(30(39)36(31)28(24)32(40)41)35-26(38)16-22-14-8-9-15-23(22)33(42)44-29(20-10-4-2-5-11-20)21-12-6-3-7-13-21/h2-15,25,27,29,31H,16,18H2,1H3,(H,35,38)(H,40,41)/t25?,27-,31+/m0/s1. The van der Waals surface area contributed by atoms with E-state index < -0.39 is 59.0 Å². The van der Waals surface area contributed by atoms with Crippen LogP contribution in [0, 0.1) is 11.3 Å². The van der Waals surface area contributed by atoms with Gasteiger partial charge in [0.05, 0.1) is 12.0 Å². The van der Waals surface area contributed by atoms with Crippen LogP contribution in [0.1, 0.15) is 40.1 Å². The van der Waals surface area contributed by atoms with Gasteiger partial charge < -0.3 is 19.9 Å². The number of esters is 2. The molecule has 1 saturated heterocycles. The Morgan fingerprint density at radius 3 is 2.16 bits per heavy atom. The average Bonchev–Trinajstić information content (AvgIpc) is 3.05. The van der Waals surface area contributed by atoms with Crippen molar-refractivity contribution in [2.75, 3.05) is 5.75 Å². The van der Waals surface area contributed by atoms with Crippen LogP contribution in [-0.4, -0.2) is 63.0 Å². The molecular weight excluding hydrogens is 598 g/mol. The van der Waals surface area contributed by atoms with Crippen LogP contribution >= 0.6 is 11.8 Å². The van der Waals surface area contributed by atoms with Crippen LogP contribution in [0.4, 0.5) is 0 Å². The number of thioether (sulfide) groups is 1. The average molecular weight is 626 g/mol. The third-order valence-electron chi connectivity index (χ3n) is 7.25. The van der Waals surface area contributed by atoms with E-state index in [1.54, 1.807) is 30.3 Å². The molecule has 2 amide bonds. The largest absolute Gasteiger partial charge is 0.477 e. The van der Waals surface area contributed by atoms with Gasteiger partial charge >= 0.3 is 17.9 Å². The number of nitrogens with one attached hydrogen (secondary N) is 1. The number of hydrogen-bond acceptors (Lipinski definition) is 9. The molecule has 0 spiro atoms. The van der Waals surface area contributed by atoms with Gasteiger partial charge in [-0.05, 0) is 22.8 Å². The molecule has 0 aromatic heterocycles. The minimum absolute atomic E-state index is 0.00731. The smallest absolute Gasteiger partial charge is 0.352 e. The van der Waals surface area contributed by atoms with Gasteiger partial charge in [-0.1, -0.05) is 78.9 Å². The first-order valence-corrected chi connectivity index (χ1v) is 14.9. The van der Waals surface area contributed by atoms with Gasteiger partial charge in [-0.25, -0.2) is 9.59 Å². The molecule has 12 heteroatoms. The Kier molecular flexibility index (Phi) is 9.30. The summed E-state index contributed by atoms with van der Waals surface area (Å²) >= 11 is 1.14. The molecule has 228 valence electrons. The lowest BCUT2D eigenvalue weighted by atomic mass is 9.99. The van der Waals surface area contributed by atoms with E-state index in [-0.39, 0.29) is 23.3 Å². The lowest BCUT2D eigenvalue weighted by Gasteiger charge is -2.49. The Morgan fingerprint density at radius 2 is 1.58 bits per heavy atom. The predicted molar refractivity (Wildman–Crippen MR) is 161 cm³/mol. The predicted octanol–water partition coefficient (Wildman–Crippen LogP) is 3.37. The molecule has 2 aliphatic rings. The number of aliphatic carboxylic acids is 1. The minimum atomic E-state index is -1.47. The monoisotopic (exact) mass is 625 g/mol. The van der Waals surface area contributed by atoms with Crippen LogP contribution in [0.15, 0.2) is 96.2 Å². The fourth-order valence-electron chi connectivity index (χ4n) is 5.21. The van der Waals surface area contributed by atoms with Crippen molar-refractivity contribution in [3.8, 4) is 6.07 Å². The number of nitrogens with zero attached hydrogens (tertiary/aromatic N) is 2. The molecule has 2 aliphatic heterocycles. The van der Waals surface area contributed by atoms with Gasteiger partial charge in [0.2, 0.25) is 12.0 Å². The molecule has 1 unspecified atom stereocenters. The topological polar surface area (TPSA) is 163 Å². The molecule has 0 radical (unpaired) electrons. The van der Waals surface area contributed by atoms with E-state index in [1.807, 2.05) is 60.7 Å².